The molecule has 8 nitrogen and oxygen atoms in total. The quantitative estimate of drug-likeness (QED) is 0.682. The molecule has 1 unspecified atom stereocenters. The molecule has 98 valence electrons. The zero-order valence-corrected chi connectivity index (χ0v) is 10.3. The third kappa shape index (κ3) is 2.92. The van der Waals surface area contributed by atoms with Gasteiger partial charge in [-0.3, -0.25) is 5.10 Å². The summed E-state index contributed by atoms with van der Waals surface area (Å²) in [6.45, 7) is 0.390. The van der Waals surface area contributed by atoms with Crippen LogP contribution in [0.1, 0.15) is 5.82 Å². The van der Waals surface area contributed by atoms with Gasteiger partial charge in [-0.25, -0.2) is 14.6 Å². The summed E-state index contributed by atoms with van der Waals surface area (Å²) in [5, 5.41) is 18.0. The molecule has 1 saturated heterocycles. The van der Waals surface area contributed by atoms with E-state index < -0.39 is 12.0 Å². The van der Waals surface area contributed by atoms with Gasteiger partial charge < -0.3 is 15.3 Å². The largest absolute Gasteiger partial charge is 0.480 e. The number of urea groups is 1. The summed E-state index contributed by atoms with van der Waals surface area (Å²) in [7, 11) is 0. The first-order valence-electron chi connectivity index (χ1n) is 5.37. The van der Waals surface area contributed by atoms with Crippen LogP contribution in [0.4, 0.5) is 4.79 Å². The highest BCUT2D eigenvalue weighted by Gasteiger charge is 2.34. The summed E-state index contributed by atoms with van der Waals surface area (Å²) in [4.78, 5) is 28.0. The number of hydrogen-bond donors (Lipinski definition) is 3. The van der Waals surface area contributed by atoms with E-state index >= 15 is 0 Å². The summed E-state index contributed by atoms with van der Waals surface area (Å²) in [6.07, 6.45) is 1.93. The monoisotopic (exact) mass is 271 g/mol. The van der Waals surface area contributed by atoms with Gasteiger partial charge >= 0.3 is 12.0 Å². The van der Waals surface area contributed by atoms with Crippen LogP contribution >= 0.6 is 11.8 Å². The van der Waals surface area contributed by atoms with Crippen molar-refractivity contribution >= 4 is 23.8 Å². The second-order valence-corrected chi connectivity index (χ2v) is 4.74. The van der Waals surface area contributed by atoms with E-state index in [0.29, 0.717) is 30.4 Å². The summed E-state index contributed by atoms with van der Waals surface area (Å²) in [6, 6.07) is -1.09. The van der Waals surface area contributed by atoms with E-state index in [9.17, 15) is 9.59 Å². The Bertz CT molecular complexity index is 424. The number of carboxylic acid groups (broad SMARTS) is 1. The molecule has 0 spiro atoms. The second-order valence-electron chi connectivity index (χ2n) is 3.74. The molecule has 9 heteroatoms. The van der Waals surface area contributed by atoms with Gasteiger partial charge in [-0.15, -0.1) is 11.8 Å². The molecule has 0 saturated carbocycles. The van der Waals surface area contributed by atoms with Crippen LogP contribution in [-0.2, 0) is 11.2 Å². The summed E-state index contributed by atoms with van der Waals surface area (Å²) >= 11 is 1.43. The van der Waals surface area contributed by atoms with Crippen molar-refractivity contribution in [3.63, 3.8) is 0 Å². The Labute approximate surface area is 107 Å². The molecule has 1 atom stereocenters. The number of aromatic nitrogens is 3. The van der Waals surface area contributed by atoms with Gasteiger partial charge in [0.25, 0.3) is 0 Å². The maximum Gasteiger partial charge on any atom is 0.327 e. The van der Waals surface area contributed by atoms with Crippen molar-refractivity contribution in [3.05, 3.63) is 12.2 Å². The number of carbonyl (C=O) groups excluding carboxylic acids is 1. The number of rotatable bonds is 4. The molecule has 2 rings (SSSR count). The van der Waals surface area contributed by atoms with Crippen LogP contribution in [0, 0.1) is 0 Å². The summed E-state index contributed by atoms with van der Waals surface area (Å²) in [5.74, 6) is 0.557. The van der Waals surface area contributed by atoms with Crippen molar-refractivity contribution in [1.82, 2.24) is 25.4 Å². The van der Waals surface area contributed by atoms with Crippen LogP contribution in [0.3, 0.4) is 0 Å². The highest BCUT2D eigenvalue weighted by molar-refractivity contribution is 7.99. The van der Waals surface area contributed by atoms with Crippen LogP contribution in [0.5, 0.6) is 0 Å². The molecule has 0 radical (unpaired) electrons. The van der Waals surface area contributed by atoms with Crippen molar-refractivity contribution in [1.29, 1.82) is 0 Å². The van der Waals surface area contributed by atoms with E-state index in [2.05, 4.69) is 20.5 Å². The maximum atomic E-state index is 11.8. The number of thioether (sulfide) groups is 1. The fraction of sp³-hybridized carbons (Fsp3) is 0.556. The third-order valence-electron chi connectivity index (χ3n) is 2.53. The SMILES string of the molecule is O=C(O)C1CSCN1C(=O)NCCc1ncn[nH]1. The van der Waals surface area contributed by atoms with E-state index in [-0.39, 0.29) is 6.03 Å². The lowest BCUT2D eigenvalue weighted by Gasteiger charge is -2.20. The molecule has 1 aromatic rings. The Kier molecular flexibility index (Phi) is 4.03. The van der Waals surface area contributed by atoms with E-state index in [4.69, 9.17) is 5.11 Å². The van der Waals surface area contributed by atoms with Crippen LogP contribution in [0.2, 0.25) is 0 Å². The number of carbonyl (C=O) groups is 2. The third-order valence-corrected chi connectivity index (χ3v) is 3.54. The highest BCUT2D eigenvalue weighted by atomic mass is 32.2. The van der Waals surface area contributed by atoms with Gasteiger partial charge in [-0.05, 0) is 0 Å². The average molecular weight is 271 g/mol. The van der Waals surface area contributed by atoms with Gasteiger partial charge in [0, 0.05) is 18.7 Å². The molecule has 2 amide bonds. The van der Waals surface area contributed by atoms with Crippen molar-refractivity contribution in [2.45, 2.75) is 12.5 Å². The predicted molar refractivity (Wildman–Crippen MR) is 64.1 cm³/mol. The highest BCUT2D eigenvalue weighted by Crippen LogP contribution is 2.20. The van der Waals surface area contributed by atoms with Gasteiger partial charge in [0.05, 0.1) is 5.88 Å². The lowest BCUT2D eigenvalue weighted by atomic mass is 10.3. The van der Waals surface area contributed by atoms with E-state index in [1.54, 1.807) is 0 Å². The number of aliphatic carboxylic acids is 1. The first-order chi connectivity index (χ1) is 8.68. The van der Waals surface area contributed by atoms with Gasteiger partial charge in [-0.1, -0.05) is 0 Å². The molecule has 1 aliphatic rings. The first-order valence-corrected chi connectivity index (χ1v) is 6.53. The minimum absolute atomic E-state index is 0.355. The zero-order chi connectivity index (χ0) is 13.0. The number of nitrogens with one attached hydrogen (secondary N) is 2. The number of hydrogen-bond acceptors (Lipinski definition) is 5. The Morgan fingerprint density at radius 2 is 2.50 bits per heavy atom. The van der Waals surface area contributed by atoms with Crippen molar-refractivity contribution in [3.8, 4) is 0 Å². The average Bonchev–Trinajstić information content (AvgIpc) is 2.99. The molecular formula is C9H13N5O3S. The molecule has 1 aliphatic heterocycles. The number of nitrogens with zero attached hydrogens (tertiary/aromatic N) is 3. The zero-order valence-electron chi connectivity index (χ0n) is 9.50. The van der Waals surface area contributed by atoms with E-state index in [1.807, 2.05) is 0 Å². The topological polar surface area (TPSA) is 111 Å². The number of aromatic amines is 1. The van der Waals surface area contributed by atoms with Crippen molar-refractivity contribution in [2.75, 3.05) is 18.2 Å². The van der Waals surface area contributed by atoms with Gasteiger partial charge in [0.2, 0.25) is 0 Å². The molecule has 1 fully saturated rings. The molecular weight excluding hydrogens is 258 g/mol. The Morgan fingerprint density at radius 3 is 3.17 bits per heavy atom. The smallest absolute Gasteiger partial charge is 0.327 e. The van der Waals surface area contributed by atoms with Crippen LogP contribution in [0.15, 0.2) is 6.33 Å². The molecule has 1 aromatic heterocycles. The van der Waals surface area contributed by atoms with Crippen LogP contribution < -0.4 is 5.32 Å². The van der Waals surface area contributed by atoms with Crippen molar-refractivity contribution < 1.29 is 14.7 Å². The molecule has 3 N–H and O–H groups in total. The number of carboxylic acids is 1. The minimum Gasteiger partial charge on any atom is -0.480 e. The Balaban J connectivity index is 1.79. The fourth-order valence-electron chi connectivity index (χ4n) is 1.59. The lowest BCUT2D eigenvalue weighted by molar-refractivity contribution is -0.140. The molecule has 0 bridgehead atoms. The molecule has 18 heavy (non-hydrogen) atoms. The minimum atomic E-state index is -0.967. The molecule has 2 heterocycles. The van der Waals surface area contributed by atoms with E-state index in [1.165, 1.54) is 23.0 Å². The Hall–Kier alpha value is -1.77. The number of H-pyrrole nitrogens is 1. The normalized spacial score (nSPS) is 18.9. The predicted octanol–water partition coefficient (Wildman–Crippen LogP) is -0.484. The summed E-state index contributed by atoms with van der Waals surface area (Å²) in [5.41, 5.74) is 0. The van der Waals surface area contributed by atoms with Crippen LogP contribution in [0.25, 0.3) is 0 Å². The molecule has 0 aromatic carbocycles. The Morgan fingerprint density at radius 1 is 1.67 bits per heavy atom. The fourth-order valence-corrected chi connectivity index (χ4v) is 2.73. The van der Waals surface area contributed by atoms with Crippen molar-refractivity contribution in [2.24, 2.45) is 0 Å². The first kappa shape index (κ1) is 12.7. The maximum absolute atomic E-state index is 11.8. The van der Waals surface area contributed by atoms with Crippen LogP contribution in [-0.4, -0.2) is 61.4 Å². The van der Waals surface area contributed by atoms with Gasteiger partial charge in [-0.2, -0.15) is 5.10 Å². The van der Waals surface area contributed by atoms with Gasteiger partial charge in [0.1, 0.15) is 18.2 Å². The summed E-state index contributed by atoms with van der Waals surface area (Å²) < 4.78 is 0. The van der Waals surface area contributed by atoms with E-state index in [0.717, 1.165) is 0 Å². The second kappa shape index (κ2) is 5.71. The number of amides is 2. The lowest BCUT2D eigenvalue weighted by Crippen LogP contribution is -2.47. The molecule has 0 aliphatic carbocycles. The van der Waals surface area contributed by atoms with Gasteiger partial charge in [0.15, 0.2) is 0 Å². The standard InChI is InChI=1S/C9H13N5O3S/c15-8(16)6-3-18-5-14(6)9(17)10-2-1-7-11-4-12-13-7/h4,6H,1-3,5H2,(H,10,17)(H,15,16)(H,11,12,13).